The molecule has 3 aromatic carbocycles. The molecule has 130 valence electrons. The van der Waals surface area contributed by atoms with Crippen molar-refractivity contribution in [2.24, 2.45) is 0 Å². The number of phenols is 1. The highest BCUT2D eigenvalue weighted by Crippen LogP contribution is 2.35. The largest absolute Gasteiger partial charge is 0.504 e. The van der Waals surface area contributed by atoms with Gasteiger partial charge in [-0.05, 0) is 29.8 Å². The number of phenolic OH excluding ortho intramolecular Hbond substituents is 1. The van der Waals surface area contributed by atoms with Crippen molar-refractivity contribution in [3.8, 4) is 11.5 Å². The summed E-state index contributed by atoms with van der Waals surface area (Å²) in [4.78, 5) is 24.0. The van der Waals surface area contributed by atoms with Gasteiger partial charge in [0.05, 0.1) is 11.1 Å². The van der Waals surface area contributed by atoms with Crippen LogP contribution in [-0.4, -0.2) is 22.2 Å². The Morgan fingerprint density at radius 1 is 0.846 bits per heavy atom. The van der Waals surface area contributed by atoms with Crippen molar-refractivity contribution in [3.63, 3.8) is 0 Å². The molecule has 3 aromatic rings. The van der Waals surface area contributed by atoms with Crippen LogP contribution in [0.3, 0.4) is 0 Å². The maximum Gasteiger partial charge on any atom is 0.343 e. The molecule has 2 N–H and O–H groups in total. The molecule has 0 aliphatic rings. The van der Waals surface area contributed by atoms with E-state index in [9.17, 15) is 19.8 Å². The molecule has 0 unspecified atom stereocenters. The molecule has 0 saturated carbocycles. The van der Waals surface area contributed by atoms with Crippen LogP contribution in [0.4, 0.5) is 0 Å². The lowest BCUT2D eigenvalue weighted by atomic mass is 9.98. The van der Waals surface area contributed by atoms with Crippen molar-refractivity contribution < 1.29 is 24.5 Å². The maximum atomic E-state index is 12.4. The van der Waals surface area contributed by atoms with Crippen LogP contribution in [0.25, 0.3) is 0 Å². The number of ether oxygens (including phenoxy) is 1. The summed E-state index contributed by atoms with van der Waals surface area (Å²) in [6, 6.07) is 20.0. The van der Waals surface area contributed by atoms with Gasteiger partial charge in [-0.3, -0.25) is 0 Å². The second kappa shape index (κ2) is 7.53. The smallest absolute Gasteiger partial charge is 0.343 e. The number of aromatic hydroxyl groups is 1. The van der Waals surface area contributed by atoms with Crippen LogP contribution >= 0.6 is 0 Å². The molecule has 0 saturated heterocycles. The number of carboxylic acids is 1. The summed E-state index contributed by atoms with van der Waals surface area (Å²) in [5.41, 5.74) is 1.35. The lowest BCUT2D eigenvalue weighted by Gasteiger charge is -2.14. The minimum Gasteiger partial charge on any atom is -0.504 e. The van der Waals surface area contributed by atoms with Crippen molar-refractivity contribution in [1.82, 2.24) is 0 Å². The number of carbonyl (C=O) groups excluding carboxylic acids is 1. The fraction of sp³-hybridized carbons (Fsp3) is 0.0476. The Morgan fingerprint density at radius 2 is 1.46 bits per heavy atom. The maximum absolute atomic E-state index is 12.4. The summed E-state index contributed by atoms with van der Waals surface area (Å²) in [6.45, 7) is 0. The number of aromatic carboxylic acids is 1. The van der Waals surface area contributed by atoms with Crippen molar-refractivity contribution >= 4 is 11.9 Å². The molecule has 0 aromatic heterocycles. The summed E-state index contributed by atoms with van der Waals surface area (Å²) in [5.74, 6) is -2.25. The minimum absolute atomic E-state index is 0.0254. The molecule has 0 heterocycles. The number of esters is 1. The Hall–Kier alpha value is -3.60. The topological polar surface area (TPSA) is 83.8 Å². The van der Waals surface area contributed by atoms with Gasteiger partial charge < -0.3 is 14.9 Å². The molecule has 3 rings (SSSR count). The summed E-state index contributed by atoms with van der Waals surface area (Å²) in [5, 5.41) is 19.7. The van der Waals surface area contributed by atoms with Gasteiger partial charge in [0.15, 0.2) is 11.5 Å². The number of hydrogen-bond donors (Lipinski definition) is 2. The van der Waals surface area contributed by atoms with Gasteiger partial charge in [0, 0.05) is 12.0 Å². The average molecular weight is 348 g/mol. The molecule has 0 radical (unpaired) electrons. The van der Waals surface area contributed by atoms with E-state index in [2.05, 4.69) is 0 Å². The SMILES string of the molecule is O=C(Oc1c(O)ccc(C(=O)O)c1Cc1ccccc1)c1ccccc1. The van der Waals surface area contributed by atoms with Crippen LogP contribution in [0.5, 0.6) is 11.5 Å². The van der Waals surface area contributed by atoms with E-state index in [0.717, 1.165) is 5.56 Å². The van der Waals surface area contributed by atoms with E-state index in [0.29, 0.717) is 5.56 Å². The second-order valence-electron chi connectivity index (χ2n) is 5.66. The standard InChI is InChI=1S/C21H16O5/c22-18-12-11-16(20(23)24)17(13-14-7-3-1-4-8-14)19(18)26-21(25)15-9-5-2-6-10-15/h1-12,22H,13H2,(H,23,24). The Balaban J connectivity index is 2.04. The molecule has 0 bridgehead atoms. The van der Waals surface area contributed by atoms with Gasteiger partial charge in [-0.1, -0.05) is 48.5 Å². The van der Waals surface area contributed by atoms with Gasteiger partial charge in [-0.2, -0.15) is 0 Å². The third-order valence-corrected chi connectivity index (χ3v) is 3.90. The highest BCUT2D eigenvalue weighted by atomic mass is 16.5. The monoisotopic (exact) mass is 348 g/mol. The van der Waals surface area contributed by atoms with E-state index in [4.69, 9.17) is 4.74 Å². The van der Waals surface area contributed by atoms with E-state index in [-0.39, 0.29) is 29.0 Å². The number of carbonyl (C=O) groups is 2. The molecule has 0 amide bonds. The minimum atomic E-state index is -1.16. The summed E-state index contributed by atoms with van der Waals surface area (Å²) >= 11 is 0. The van der Waals surface area contributed by atoms with Crippen LogP contribution in [-0.2, 0) is 6.42 Å². The first-order valence-corrected chi connectivity index (χ1v) is 7.95. The molecule has 0 spiro atoms. The Kier molecular flexibility index (Phi) is 4.99. The number of carboxylic acid groups (broad SMARTS) is 1. The lowest BCUT2D eigenvalue weighted by molar-refractivity contribution is 0.0684. The zero-order valence-corrected chi connectivity index (χ0v) is 13.8. The summed E-state index contributed by atoms with van der Waals surface area (Å²) < 4.78 is 5.37. The second-order valence-corrected chi connectivity index (χ2v) is 5.66. The highest BCUT2D eigenvalue weighted by Gasteiger charge is 2.22. The third kappa shape index (κ3) is 3.72. The molecule has 0 atom stereocenters. The van der Waals surface area contributed by atoms with Gasteiger partial charge in [0.1, 0.15) is 0 Å². The summed E-state index contributed by atoms with van der Waals surface area (Å²) in [7, 11) is 0. The van der Waals surface area contributed by atoms with Crippen LogP contribution in [0.1, 0.15) is 31.8 Å². The third-order valence-electron chi connectivity index (χ3n) is 3.90. The van der Waals surface area contributed by atoms with E-state index >= 15 is 0 Å². The first-order valence-electron chi connectivity index (χ1n) is 7.95. The average Bonchev–Trinajstić information content (AvgIpc) is 2.66. The quantitative estimate of drug-likeness (QED) is 0.540. The van der Waals surface area contributed by atoms with Gasteiger partial charge in [0.25, 0.3) is 0 Å². The van der Waals surface area contributed by atoms with Crippen LogP contribution < -0.4 is 4.74 Å². The van der Waals surface area contributed by atoms with Crippen molar-refractivity contribution in [2.45, 2.75) is 6.42 Å². The number of rotatable bonds is 5. The molecular weight excluding hydrogens is 332 g/mol. The normalized spacial score (nSPS) is 10.3. The zero-order valence-electron chi connectivity index (χ0n) is 13.8. The Morgan fingerprint density at radius 3 is 2.08 bits per heavy atom. The number of benzene rings is 3. The van der Waals surface area contributed by atoms with Gasteiger partial charge in [0.2, 0.25) is 0 Å². The van der Waals surface area contributed by atoms with E-state index in [1.807, 2.05) is 30.3 Å². The number of hydrogen-bond acceptors (Lipinski definition) is 4. The van der Waals surface area contributed by atoms with E-state index in [1.165, 1.54) is 12.1 Å². The van der Waals surface area contributed by atoms with Crippen molar-refractivity contribution in [3.05, 3.63) is 95.1 Å². The van der Waals surface area contributed by atoms with Gasteiger partial charge >= 0.3 is 11.9 Å². The molecule has 0 aliphatic carbocycles. The summed E-state index contributed by atoms with van der Waals surface area (Å²) in [6.07, 6.45) is 0.203. The first kappa shape index (κ1) is 17.2. The van der Waals surface area contributed by atoms with Crippen molar-refractivity contribution in [2.75, 3.05) is 0 Å². The Bertz CT molecular complexity index is 933. The lowest BCUT2D eigenvalue weighted by Crippen LogP contribution is -2.12. The van der Waals surface area contributed by atoms with Crippen LogP contribution in [0.15, 0.2) is 72.8 Å². The fourth-order valence-electron chi connectivity index (χ4n) is 2.63. The highest BCUT2D eigenvalue weighted by molar-refractivity contribution is 5.94. The van der Waals surface area contributed by atoms with Gasteiger partial charge in [-0.15, -0.1) is 0 Å². The zero-order chi connectivity index (χ0) is 18.5. The molecule has 26 heavy (non-hydrogen) atoms. The predicted octanol–water partition coefficient (Wildman–Crippen LogP) is 3.90. The molecule has 0 aliphatic heterocycles. The van der Waals surface area contributed by atoms with E-state index in [1.54, 1.807) is 30.3 Å². The molecular formula is C21H16O5. The van der Waals surface area contributed by atoms with Crippen molar-refractivity contribution in [1.29, 1.82) is 0 Å². The Labute approximate surface area is 150 Å². The molecule has 5 heteroatoms. The predicted molar refractivity (Wildman–Crippen MR) is 95.7 cm³/mol. The first-order chi connectivity index (χ1) is 12.6. The van der Waals surface area contributed by atoms with Gasteiger partial charge in [-0.25, -0.2) is 9.59 Å². The molecule has 0 fully saturated rings. The fourth-order valence-corrected chi connectivity index (χ4v) is 2.63. The van der Waals surface area contributed by atoms with E-state index < -0.39 is 11.9 Å². The van der Waals surface area contributed by atoms with Crippen LogP contribution in [0.2, 0.25) is 0 Å². The van der Waals surface area contributed by atoms with Crippen LogP contribution in [0, 0.1) is 0 Å². The molecule has 5 nitrogen and oxygen atoms in total.